The minimum atomic E-state index is -0.741. The van der Waals surface area contributed by atoms with Gasteiger partial charge in [0.1, 0.15) is 5.58 Å². The third-order valence-electron chi connectivity index (χ3n) is 6.37. The molecule has 3 aromatic carbocycles. The summed E-state index contributed by atoms with van der Waals surface area (Å²) in [5.74, 6) is 1.24. The first-order chi connectivity index (χ1) is 17.8. The largest absolute Gasteiger partial charge is 0.493 e. The van der Waals surface area contributed by atoms with E-state index in [0.29, 0.717) is 51.3 Å². The van der Waals surface area contributed by atoms with Gasteiger partial charge in [-0.25, -0.2) is 0 Å². The van der Waals surface area contributed by atoms with Gasteiger partial charge in [0.2, 0.25) is 5.76 Å². The van der Waals surface area contributed by atoms with Gasteiger partial charge in [0.25, 0.3) is 5.91 Å². The Hall–Kier alpha value is -3.29. The van der Waals surface area contributed by atoms with Crippen LogP contribution in [0.3, 0.4) is 0 Å². The highest BCUT2D eigenvalue weighted by Crippen LogP contribution is 2.43. The Balaban J connectivity index is 1.69. The molecule has 37 heavy (non-hydrogen) atoms. The molecule has 0 radical (unpaired) electrons. The first-order valence-corrected chi connectivity index (χ1v) is 13.1. The first-order valence-electron chi connectivity index (χ1n) is 11.9. The van der Waals surface area contributed by atoms with E-state index < -0.39 is 11.9 Å². The van der Waals surface area contributed by atoms with Gasteiger partial charge in [-0.15, -0.1) is 0 Å². The van der Waals surface area contributed by atoms with Crippen LogP contribution in [-0.4, -0.2) is 19.6 Å². The van der Waals surface area contributed by atoms with Crippen LogP contribution in [0.5, 0.6) is 11.5 Å². The van der Waals surface area contributed by atoms with Crippen molar-refractivity contribution in [1.82, 2.24) is 0 Å². The van der Waals surface area contributed by atoms with Crippen LogP contribution in [0.4, 0.5) is 5.69 Å². The molecule has 1 unspecified atom stereocenters. The number of benzene rings is 3. The normalized spacial score (nSPS) is 14.9. The maximum atomic E-state index is 13.8. The third-order valence-corrected chi connectivity index (χ3v) is 7.10. The molecule has 2 heterocycles. The highest BCUT2D eigenvalue weighted by molar-refractivity contribution is 9.10. The maximum absolute atomic E-state index is 13.8. The summed E-state index contributed by atoms with van der Waals surface area (Å²) in [4.78, 5) is 29.2. The summed E-state index contributed by atoms with van der Waals surface area (Å²) in [5.41, 5.74) is 1.58. The fourth-order valence-corrected chi connectivity index (χ4v) is 5.09. The van der Waals surface area contributed by atoms with Gasteiger partial charge in [-0.2, -0.15) is 0 Å². The number of carbonyl (C=O) groups is 1. The van der Waals surface area contributed by atoms with Crippen LogP contribution >= 0.6 is 27.5 Å². The molecule has 4 aromatic rings. The number of anilines is 1. The Bertz CT molecular complexity index is 1560. The second kappa shape index (κ2) is 10.2. The Morgan fingerprint density at radius 2 is 1.86 bits per heavy atom. The van der Waals surface area contributed by atoms with E-state index in [9.17, 15) is 9.59 Å². The van der Waals surface area contributed by atoms with E-state index in [1.807, 2.05) is 42.5 Å². The second-order valence-electron chi connectivity index (χ2n) is 9.31. The van der Waals surface area contributed by atoms with Gasteiger partial charge in [-0.3, -0.25) is 14.5 Å². The molecule has 1 atom stereocenters. The van der Waals surface area contributed by atoms with Crippen molar-refractivity contribution in [3.8, 4) is 11.5 Å². The van der Waals surface area contributed by atoms with E-state index >= 15 is 0 Å². The smallest absolute Gasteiger partial charge is 0.295 e. The van der Waals surface area contributed by atoms with Crippen LogP contribution in [0.2, 0.25) is 5.02 Å². The van der Waals surface area contributed by atoms with Crippen LogP contribution in [0, 0.1) is 5.92 Å². The fraction of sp³-hybridized carbons (Fsp3) is 0.241. The Morgan fingerprint density at radius 1 is 1.05 bits per heavy atom. The van der Waals surface area contributed by atoms with Crippen LogP contribution in [-0.2, 0) is 0 Å². The van der Waals surface area contributed by atoms with Gasteiger partial charge in [0.05, 0.1) is 30.7 Å². The van der Waals surface area contributed by atoms with E-state index in [1.54, 1.807) is 30.2 Å². The molecule has 0 fully saturated rings. The number of hydrogen-bond acceptors (Lipinski definition) is 5. The zero-order chi connectivity index (χ0) is 26.3. The van der Waals surface area contributed by atoms with Gasteiger partial charge in [-0.05, 0) is 66.4 Å². The van der Waals surface area contributed by atoms with Crippen LogP contribution < -0.4 is 19.8 Å². The molecule has 0 aliphatic carbocycles. The van der Waals surface area contributed by atoms with Crippen molar-refractivity contribution in [2.75, 3.05) is 18.6 Å². The van der Waals surface area contributed by atoms with Crippen molar-refractivity contribution < 1.29 is 18.7 Å². The number of amides is 1. The Morgan fingerprint density at radius 3 is 2.59 bits per heavy atom. The summed E-state index contributed by atoms with van der Waals surface area (Å²) in [6, 6.07) is 16.9. The SMILES string of the molecule is COc1cc(C2c3c(oc4ccc(Cl)cc4c3=O)C(=O)N2c2cccc(Br)c2)ccc1OCCC(C)C. The lowest BCUT2D eigenvalue weighted by atomic mass is 9.97. The van der Waals surface area contributed by atoms with Crippen LogP contribution in [0.25, 0.3) is 11.0 Å². The lowest BCUT2D eigenvalue weighted by molar-refractivity contribution is 0.0971. The van der Waals surface area contributed by atoms with Crippen molar-refractivity contribution in [3.05, 3.63) is 97.3 Å². The minimum Gasteiger partial charge on any atom is -0.493 e. The number of hydrogen-bond donors (Lipinski definition) is 0. The molecule has 0 saturated heterocycles. The van der Waals surface area contributed by atoms with E-state index in [4.69, 9.17) is 25.5 Å². The highest BCUT2D eigenvalue weighted by atomic mass is 79.9. The number of carbonyl (C=O) groups excluding carboxylic acids is 1. The molecule has 1 aliphatic heterocycles. The fourth-order valence-electron chi connectivity index (χ4n) is 4.53. The number of nitrogens with zero attached hydrogens (tertiary/aromatic N) is 1. The molecule has 0 N–H and O–H groups in total. The van der Waals surface area contributed by atoms with E-state index in [1.165, 1.54) is 0 Å². The number of fused-ring (bicyclic) bond motifs is 2. The molecule has 1 aliphatic rings. The van der Waals surface area contributed by atoms with Gasteiger partial charge in [-0.1, -0.05) is 53.5 Å². The molecular weight excluding hydrogens is 558 g/mol. The predicted molar refractivity (Wildman–Crippen MR) is 148 cm³/mol. The molecule has 1 amide bonds. The van der Waals surface area contributed by atoms with Gasteiger partial charge < -0.3 is 13.9 Å². The van der Waals surface area contributed by atoms with Crippen molar-refractivity contribution in [2.45, 2.75) is 26.3 Å². The molecule has 8 heteroatoms. The summed E-state index contributed by atoms with van der Waals surface area (Å²) >= 11 is 9.68. The molecule has 5 rings (SSSR count). The molecular formula is C29H25BrClNO5. The van der Waals surface area contributed by atoms with E-state index in [-0.39, 0.29) is 16.8 Å². The molecule has 1 aromatic heterocycles. The number of halogens is 2. The predicted octanol–water partition coefficient (Wildman–Crippen LogP) is 7.39. The molecule has 0 bridgehead atoms. The monoisotopic (exact) mass is 581 g/mol. The quantitative estimate of drug-likeness (QED) is 0.227. The standard InChI is InChI=1S/C29H25BrClNO5/c1-16(2)11-12-36-23-9-7-17(13-24(23)35-3)26-25-27(33)21-15-19(31)8-10-22(21)37-28(25)29(34)32(26)20-6-4-5-18(30)14-20/h4-10,13-16,26H,11-12H2,1-3H3. The highest BCUT2D eigenvalue weighted by Gasteiger charge is 2.44. The lowest BCUT2D eigenvalue weighted by Crippen LogP contribution is -2.29. The topological polar surface area (TPSA) is 69.0 Å². The van der Waals surface area contributed by atoms with Crippen molar-refractivity contribution in [3.63, 3.8) is 0 Å². The lowest BCUT2D eigenvalue weighted by Gasteiger charge is -2.26. The molecule has 0 saturated carbocycles. The van der Waals surface area contributed by atoms with Crippen molar-refractivity contribution in [1.29, 1.82) is 0 Å². The van der Waals surface area contributed by atoms with E-state index in [0.717, 1.165) is 10.9 Å². The summed E-state index contributed by atoms with van der Waals surface area (Å²) in [6.45, 7) is 4.83. The maximum Gasteiger partial charge on any atom is 0.295 e. The molecule has 6 nitrogen and oxygen atoms in total. The van der Waals surface area contributed by atoms with Gasteiger partial charge in [0.15, 0.2) is 16.9 Å². The van der Waals surface area contributed by atoms with E-state index in [2.05, 4.69) is 29.8 Å². The zero-order valence-electron chi connectivity index (χ0n) is 20.6. The summed E-state index contributed by atoms with van der Waals surface area (Å²) in [6.07, 6.45) is 0.906. The van der Waals surface area contributed by atoms with Crippen molar-refractivity contribution >= 4 is 50.1 Å². The molecule has 190 valence electrons. The Kier molecular flexibility index (Phi) is 7.01. The third kappa shape index (κ3) is 4.74. The second-order valence-corrected chi connectivity index (χ2v) is 10.7. The molecule has 0 spiro atoms. The van der Waals surface area contributed by atoms with Crippen molar-refractivity contribution in [2.24, 2.45) is 5.92 Å². The van der Waals surface area contributed by atoms with Gasteiger partial charge in [0, 0.05) is 15.2 Å². The van der Waals surface area contributed by atoms with Crippen LogP contribution in [0.15, 0.2) is 74.3 Å². The zero-order valence-corrected chi connectivity index (χ0v) is 22.9. The van der Waals surface area contributed by atoms with Gasteiger partial charge >= 0.3 is 0 Å². The average molecular weight is 583 g/mol. The summed E-state index contributed by atoms with van der Waals surface area (Å²) in [5, 5.41) is 0.731. The van der Waals surface area contributed by atoms with Crippen LogP contribution in [0.1, 0.15) is 48.0 Å². The summed E-state index contributed by atoms with van der Waals surface area (Å²) in [7, 11) is 1.57. The first kappa shape index (κ1) is 25.4. The number of rotatable bonds is 7. The number of methoxy groups -OCH3 is 1. The average Bonchev–Trinajstić information content (AvgIpc) is 3.17. The summed E-state index contributed by atoms with van der Waals surface area (Å²) < 4.78 is 18.4. The Labute approximate surface area is 227 Å². The number of ether oxygens (including phenoxy) is 2. The minimum absolute atomic E-state index is 0.0148.